The SMILES string of the molecule is O=C(NCC1CCCC1O)c1cnc(-c2ccccc2)s1. The van der Waals surface area contributed by atoms with Crippen molar-refractivity contribution in [1.82, 2.24) is 10.3 Å². The molecular formula is C16H18N2O2S. The van der Waals surface area contributed by atoms with E-state index in [1.54, 1.807) is 6.20 Å². The zero-order chi connectivity index (χ0) is 14.7. The molecule has 1 amide bonds. The molecule has 1 saturated carbocycles. The van der Waals surface area contributed by atoms with E-state index in [1.165, 1.54) is 11.3 Å². The minimum atomic E-state index is -0.272. The van der Waals surface area contributed by atoms with Crippen LogP contribution in [0.25, 0.3) is 10.6 Å². The molecular weight excluding hydrogens is 284 g/mol. The number of hydrogen-bond donors (Lipinski definition) is 2. The molecule has 0 bridgehead atoms. The van der Waals surface area contributed by atoms with Gasteiger partial charge in [0.2, 0.25) is 0 Å². The molecule has 1 aromatic heterocycles. The Morgan fingerprint density at radius 1 is 1.33 bits per heavy atom. The highest BCUT2D eigenvalue weighted by Crippen LogP contribution is 2.26. The van der Waals surface area contributed by atoms with Crippen LogP contribution in [0.5, 0.6) is 0 Å². The first-order chi connectivity index (χ1) is 10.2. The Morgan fingerprint density at radius 3 is 2.86 bits per heavy atom. The third kappa shape index (κ3) is 3.31. The molecule has 2 aromatic rings. The first kappa shape index (κ1) is 14.2. The van der Waals surface area contributed by atoms with E-state index in [4.69, 9.17) is 0 Å². The lowest BCUT2D eigenvalue weighted by atomic mass is 10.1. The van der Waals surface area contributed by atoms with E-state index < -0.39 is 0 Å². The second-order valence-corrected chi connectivity index (χ2v) is 6.39. The fraction of sp³-hybridized carbons (Fsp3) is 0.375. The molecule has 1 aliphatic rings. The van der Waals surface area contributed by atoms with Gasteiger partial charge in [-0.25, -0.2) is 4.98 Å². The summed E-state index contributed by atoms with van der Waals surface area (Å²) in [7, 11) is 0. The van der Waals surface area contributed by atoms with Gasteiger partial charge >= 0.3 is 0 Å². The number of benzene rings is 1. The van der Waals surface area contributed by atoms with Crippen LogP contribution in [0.1, 0.15) is 28.9 Å². The van der Waals surface area contributed by atoms with Crippen molar-refractivity contribution in [3.63, 3.8) is 0 Å². The third-order valence-electron chi connectivity index (χ3n) is 3.89. The monoisotopic (exact) mass is 302 g/mol. The van der Waals surface area contributed by atoms with E-state index in [9.17, 15) is 9.90 Å². The van der Waals surface area contributed by atoms with Crippen molar-refractivity contribution in [3.05, 3.63) is 41.4 Å². The summed E-state index contributed by atoms with van der Waals surface area (Å²) < 4.78 is 0. The van der Waals surface area contributed by atoms with Gasteiger partial charge in [0.25, 0.3) is 5.91 Å². The van der Waals surface area contributed by atoms with Crippen molar-refractivity contribution >= 4 is 17.2 Å². The van der Waals surface area contributed by atoms with Gasteiger partial charge in [-0.1, -0.05) is 36.8 Å². The summed E-state index contributed by atoms with van der Waals surface area (Å²) >= 11 is 1.39. The van der Waals surface area contributed by atoms with Crippen molar-refractivity contribution in [2.24, 2.45) is 5.92 Å². The molecule has 0 saturated heterocycles. The van der Waals surface area contributed by atoms with Crippen LogP contribution in [0, 0.1) is 5.92 Å². The van der Waals surface area contributed by atoms with E-state index in [0.717, 1.165) is 29.8 Å². The number of nitrogens with zero attached hydrogens (tertiary/aromatic N) is 1. The second kappa shape index (κ2) is 6.37. The molecule has 1 fully saturated rings. The highest BCUT2D eigenvalue weighted by atomic mass is 32.1. The first-order valence-electron chi connectivity index (χ1n) is 7.21. The van der Waals surface area contributed by atoms with Gasteiger partial charge in [0.1, 0.15) is 9.88 Å². The van der Waals surface area contributed by atoms with E-state index in [1.807, 2.05) is 30.3 Å². The molecule has 2 unspecified atom stereocenters. The zero-order valence-electron chi connectivity index (χ0n) is 11.7. The fourth-order valence-electron chi connectivity index (χ4n) is 2.66. The van der Waals surface area contributed by atoms with Crippen LogP contribution < -0.4 is 5.32 Å². The molecule has 4 nitrogen and oxygen atoms in total. The third-order valence-corrected chi connectivity index (χ3v) is 4.94. The minimum Gasteiger partial charge on any atom is -0.393 e. The fourth-order valence-corrected chi connectivity index (χ4v) is 3.50. The number of rotatable bonds is 4. The van der Waals surface area contributed by atoms with Crippen LogP contribution in [0.2, 0.25) is 0 Å². The maximum atomic E-state index is 12.1. The molecule has 2 atom stereocenters. The van der Waals surface area contributed by atoms with Gasteiger partial charge in [0, 0.05) is 18.0 Å². The Kier molecular flexibility index (Phi) is 4.31. The maximum absolute atomic E-state index is 12.1. The molecule has 0 radical (unpaired) electrons. The number of aromatic nitrogens is 1. The normalized spacial score (nSPS) is 21.4. The molecule has 0 aliphatic heterocycles. The van der Waals surface area contributed by atoms with Crippen molar-refractivity contribution in [2.75, 3.05) is 6.54 Å². The Morgan fingerprint density at radius 2 is 2.14 bits per heavy atom. The predicted molar refractivity (Wildman–Crippen MR) is 83.2 cm³/mol. The molecule has 1 aliphatic carbocycles. The summed E-state index contributed by atoms with van der Waals surface area (Å²) in [5, 5.41) is 13.5. The number of carbonyl (C=O) groups excluding carboxylic acids is 1. The quantitative estimate of drug-likeness (QED) is 0.913. The number of nitrogens with one attached hydrogen (secondary N) is 1. The highest BCUT2D eigenvalue weighted by molar-refractivity contribution is 7.16. The van der Waals surface area contributed by atoms with Crippen molar-refractivity contribution in [3.8, 4) is 10.6 Å². The minimum absolute atomic E-state index is 0.103. The molecule has 0 spiro atoms. The van der Waals surface area contributed by atoms with Gasteiger partial charge < -0.3 is 10.4 Å². The molecule has 2 N–H and O–H groups in total. The van der Waals surface area contributed by atoms with E-state index in [0.29, 0.717) is 11.4 Å². The highest BCUT2D eigenvalue weighted by Gasteiger charge is 2.25. The molecule has 1 heterocycles. The molecule has 110 valence electrons. The number of amides is 1. The maximum Gasteiger partial charge on any atom is 0.263 e. The van der Waals surface area contributed by atoms with Crippen LogP contribution in [0.4, 0.5) is 0 Å². The average Bonchev–Trinajstić information content (AvgIpc) is 3.15. The Balaban J connectivity index is 1.62. The summed E-state index contributed by atoms with van der Waals surface area (Å²) in [6, 6.07) is 9.83. The van der Waals surface area contributed by atoms with Crippen molar-refractivity contribution in [2.45, 2.75) is 25.4 Å². The standard InChI is InChI=1S/C16H18N2O2S/c19-13-8-4-7-12(13)9-17-15(20)14-10-18-16(21-14)11-5-2-1-3-6-11/h1-3,5-6,10,12-13,19H,4,7-9H2,(H,17,20). The number of aliphatic hydroxyl groups is 1. The number of hydrogen-bond acceptors (Lipinski definition) is 4. The molecule has 3 rings (SSSR count). The Hall–Kier alpha value is -1.72. The Labute approximate surface area is 127 Å². The van der Waals surface area contributed by atoms with Gasteiger partial charge in [0.05, 0.1) is 12.3 Å². The molecule has 1 aromatic carbocycles. The van der Waals surface area contributed by atoms with Crippen molar-refractivity contribution < 1.29 is 9.90 Å². The smallest absolute Gasteiger partial charge is 0.263 e. The Bertz CT molecular complexity index is 612. The lowest BCUT2D eigenvalue weighted by Gasteiger charge is -2.14. The summed E-state index contributed by atoms with van der Waals surface area (Å²) in [4.78, 5) is 17.1. The van der Waals surface area contributed by atoms with Crippen LogP contribution in [0.15, 0.2) is 36.5 Å². The summed E-state index contributed by atoms with van der Waals surface area (Å²) in [6.45, 7) is 0.540. The summed E-state index contributed by atoms with van der Waals surface area (Å²) in [5.74, 6) is 0.0873. The number of aliphatic hydroxyl groups excluding tert-OH is 1. The van der Waals surface area contributed by atoms with E-state index in [-0.39, 0.29) is 17.9 Å². The first-order valence-corrected chi connectivity index (χ1v) is 8.03. The van der Waals surface area contributed by atoms with Gasteiger partial charge in [0.15, 0.2) is 0 Å². The van der Waals surface area contributed by atoms with Crippen molar-refractivity contribution in [1.29, 1.82) is 0 Å². The summed E-state index contributed by atoms with van der Waals surface area (Å²) in [5.41, 5.74) is 1.02. The predicted octanol–water partition coefficient (Wildman–Crippen LogP) is 2.70. The zero-order valence-corrected chi connectivity index (χ0v) is 12.5. The largest absolute Gasteiger partial charge is 0.393 e. The van der Waals surface area contributed by atoms with Gasteiger partial charge in [-0.05, 0) is 12.8 Å². The van der Waals surface area contributed by atoms with E-state index >= 15 is 0 Å². The van der Waals surface area contributed by atoms with Gasteiger partial charge in [-0.2, -0.15) is 0 Å². The van der Waals surface area contributed by atoms with Crippen LogP contribution in [0.3, 0.4) is 0 Å². The second-order valence-electron chi connectivity index (χ2n) is 5.36. The van der Waals surface area contributed by atoms with Crippen LogP contribution >= 0.6 is 11.3 Å². The van der Waals surface area contributed by atoms with Crippen LogP contribution in [-0.2, 0) is 0 Å². The average molecular weight is 302 g/mol. The molecule has 21 heavy (non-hydrogen) atoms. The topological polar surface area (TPSA) is 62.2 Å². The summed E-state index contributed by atoms with van der Waals surface area (Å²) in [6.07, 6.45) is 4.22. The number of thiazole rings is 1. The molecule has 5 heteroatoms. The van der Waals surface area contributed by atoms with Crippen LogP contribution in [-0.4, -0.2) is 28.6 Å². The number of carbonyl (C=O) groups is 1. The van der Waals surface area contributed by atoms with Gasteiger partial charge in [-0.15, -0.1) is 11.3 Å². The lowest BCUT2D eigenvalue weighted by molar-refractivity contribution is 0.0920. The van der Waals surface area contributed by atoms with Gasteiger partial charge in [-0.3, -0.25) is 4.79 Å². The van der Waals surface area contributed by atoms with E-state index in [2.05, 4.69) is 10.3 Å². The lowest BCUT2D eigenvalue weighted by Crippen LogP contribution is -2.32.